The second kappa shape index (κ2) is 6.12. The molecule has 20 heavy (non-hydrogen) atoms. The Labute approximate surface area is 117 Å². The van der Waals surface area contributed by atoms with E-state index in [0.717, 1.165) is 11.3 Å². The molecule has 104 valence electrons. The normalized spacial score (nSPS) is 10.2. The van der Waals surface area contributed by atoms with Crippen molar-refractivity contribution in [2.24, 2.45) is 5.84 Å². The molecule has 0 radical (unpaired) electrons. The van der Waals surface area contributed by atoms with Crippen LogP contribution in [0.2, 0.25) is 0 Å². The lowest BCUT2D eigenvalue weighted by Gasteiger charge is -2.21. The highest BCUT2D eigenvalue weighted by Gasteiger charge is 2.19. The van der Waals surface area contributed by atoms with Crippen molar-refractivity contribution in [3.8, 4) is 0 Å². The van der Waals surface area contributed by atoms with Gasteiger partial charge in [0.2, 0.25) is 0 Å². The lowest BCUT2D eigenvalue weighted by atomic mass is 10.2. The fourth-order valence-corrected chi connectivity index (χ4v) is 1.82. The largest absolute Gasteiger partial charge is 0.462 e. The molecule has 0 spiro atoms. The summed E-state index contributed by atoms with van der Waals surface area (Å²) in [5.74, 6) is 5.91. The van der Waals surface area contributed by atoms with E-state index in [2.05, 4.69) is 9.97 Å². The van der Waals surface area contributed by atoms with Crippen molar-refractivity contribution in [1.82, 2.24) is 9.97 Å². The SMILES string of the molecule is CCOC(=O)c1cncnc1N(N)c1ccccc1C. The number of carbonyl (C=O) groups is 1. The minimum Gasteiger partial charge on any atom is -0.462 e. The maximum absolute atomic E-state index is 11.9. The third-order valence-corrected chi connectivity index (χ3v) is 2.79. The number of hydrazine groups is 1. The van der Waals surface area contributed by atoms with E-state index in [0.29, 0.717) is 5.82 Å². The van der Waals surface area contributed by atoms with Gasteiger partial charge in [0, 0.05) is 6.20 Å². The summed E-state index contributed by atoms with van der Waals surface area (Å²) in [6.07, 6.45) is 2.74. The number of para-hydroxylation sites is 1. The number of anilines is 2. The van der Waals surface area contributed by atoms with E-state index in [1.54, 1.807) is 6.92 Å². The number of nitrogens with zero attached hydrogens (tertiary/aromatic N) is 3. The molecule has 6 nitrogen and oxygen atoms in total. The zero-order valence-electron chi connectivity index (χ0n) is 11.4. The van der Waals surface area contributed by atoms with Crippen molar-refractivity contribution >= 4 is 17.5 Å². The first kappa shape index (κ1) is 14.0. The van der Waals surface area contributed by atoms with Crippen LogP contribution in [0.1, 0.15) is 22.8 Å². The average Bonchev–Trinajstić information content (AvgIpc) is 2.47. The average molecular weight is 272 g/mol. The van der Waals surface area contributed by atoms with Gasteiger partial charge in [-0.1, -0.05) is 18.2 Å². The monoisotopic (exact) mass is 272 g/mol. The number of ether oxygens (including phenoxy) is 1. The number of benzene rings is 1. The fourth-order valence-electron chi connectivity index (χ4n) is 1.82. The molecule has 1 aromatic heterocycles. The number of aromatic nitrogens is 2. The van der Waals surface area contributed by atoms with Crippen molar-refractivity contribution in [3.05, 3.63) is 47.9 Å². The molecule has 0 aliphatic carbocycles. The standard InChI is InChI=1S/C14H16N4O2/c1-3-20-14(19)11-8-16-9-17-13(11)18(15)12-7-5-4-6-10(12)2/h4-9H,3,15H2,1-2H3. The van der Waals surface area contributed by atoms with Crippen LogP contribution in [0.5, 0.6) is 0 Å². The molecule has 2 aromatic rings. The molecule has 0 saturated heterocycles. The van der Waals surface area contributed by atoms with Crippen LogP contribution in [0.15, 0.2) is 36.8 Å². The van der Waals surface area contributed by atoms with Crippen molar-refractivity contribution in [3.63, 3.8) is 0 Å². The predicted octanol–water partition coefficient (Wildman–Crippen LogP) is 1.97. The number of esters is 1. The van der Waals surface area contributed by atoms with Crippen LogP contribution in [0.3, 0.4) is 0 Å². The van der Waals surface area contributed by atoms with Crippen LogP contribution in [-0.2, 0) is 4.74 Å². The Kier molecular flexibility index (Phi) is 4.27. The van der Waals surface area contributed by atoms with Gasteiger partial charge in [0.25, 0.3) is 0 Å². The van der Waals surface area contributed by atoms with Gasteiger partial charge in [-0.05, 0) is 25.5 Å². The van der Waals surface area contributed by atoms with Crippen LogP contribution in [0.4, 0.5) is 11.5 Å². The third-order valence-electron chi connectivity index (χ3n) is 2.79. The van der Waals surface area contributed by atoms with E-state index < -0.39 is 5.97 Å². The van der Waals surface area contributed by atoms with Crippen LogP contribution in [-0.4, -0.2) is 22.5 Å². The summed E-state index contributed by atoms with van der Waals surface area (Å²) in [4.78, 5) is 19.8. The summed E-state index contributed by atoms with van der Waals surface area (Å²) in [6.45, 7) is 3.95. The number of aryl methyl sites for hydroxylation is 1. The Balaban J connectivity index is 2.43. The number of hydrogen-bond acceptors (Lipinski definition) is 6. The molecule has 2 N–H and O–H groups in total. The Morgan fingerprint density at radius 3 is 2.85 bits per heavy atom. The van der Waals surface area contributed by atoms with Gasteiger partial charge in [0.1, 0.15) is 11.9 Å². The number of hydrogen-bond donors (Lipinski definition) is 1. The molecule has 0 fully saturated rings. The Morgan fingerprint density at radius 2 is 2.15 bits per heavy atom. The second-order valence-electron chi connectivity index (χ2n) is 4.14. The van der Waals surface area contributed by atoms with Crippen molar-refractivity contribution in [2.75, 3.05) is 11.6 Å². The zero-order valence-corrected chi connectivity index (χ0v) is 11.4. The molecular formula is C14H16N4O2. The molecule has 0 bridgehead atoms. The highest BCUT2D eigenvalue weighted by Crippen LogP contribution is 2.25. The highest BCUT2D eigenvalue weighted by atomic mass is 16.5. The molecule has 0 saturated carbocycles. The van der Waals surface area contributed by atoms with Crippen LogP contribution < -0.4 is 10.9 Å². The zero-order chi connectivity index (χ0) is 14.5. The molecule has 0 atom stereocenters. The maximum Gasteiger partial charge on any atom is 0.343 e. The topological polar surface area (TPSA) is 81.3 Å². The molecule has 1 heterocycles. The lowest BCUT2D eigenvalue weighted by Crippen LogP contribution is -2.29. The second-order valence-corrected chi connectivity index (χ2v) is 4.14. The number of carbonyl (C=O) groups excluding carboxylic acids is 1. The number of nitrogens with two attached hydrogens (primary N) is 1. The first-order valence-electron chi connectivity index (χ1n) is 6.22. The highest BCUT2D eigenvalue weighted by molar-refractivity contribution is 5.95. The van der Waals surface area contributed by atoms with Crippen molar-refractivity contribution in [1.29, 1.82) is 0 Å². The molecule has 2 rings (SSSR count). The van der Waals surface area contributed by atoms with Gasteiger partial charge in [-0.25, -0.2) is 20.6 Å². The van der Waals surface area contributed by atoms with Gasteiger partial charge in [0.05, 0.1) is 12.3 Å². The summed E-state index contributed by atoms with van der Waals surface area (Å²) in [5, 5.41) is 1.36. The smallest absolute Gasteiger partial charge is 0.343 e. The minimum absolute atomic E-state index is 0.236. The van der Waals surface area contributed by atoms with E-state index in [-0.39, 0.29) is 12.2 Å². The van der Waals surface area contributed by atoms with Crippen molar-refractivity contribution in [2.45, 2.75) is 13.8 Å². The molecule has 0 aliphatic heterocycles. The number of rotatable bonds is 4. The molecule has 6 heteroatoms. The van der Waals surface area contributed by atoms with Gasteiger partial charge in [-0.2, -0.15) is 0 Å². The fraction of sp³-hybridized carbons (Fsp3) is 0.214. The summed E-state index contributed by atoms with van der Waals surface area (Å²) < 4.78 is 4.98. The van der Waals surface area contributed by atoms with Crippen LogP contribution in [0.25, 0.3) is 0 Å². The van der Waals surface area contributed by atoms with E-state index in [9.17, 15) is 4.79 Å². The minimum atomic E-state index is -0.493. The summed E-state index contributed by atoms with van der Waals surface area (Å²) >= 11 is 0. The summed E-state index contributed by atoms with van der Waals surface area (Å²) in [5.41, 5.74) is 1.97. The Bertz CT molecular complexity index is 616. The summed E-state index contributed by atoms with van der Waals surface area (Å²) in [6, 6.07) is 7.57. The van der Waals surface area contributed by atoms with E-state index in [1.807, 2.05) is 31.2 Å². The van der Waals surface area contributed by atoms with Gasteiger partial charge in [-0.3, -0.25) is 5.01 Å². The molecule has 0 aliphatic rings. The molecular weight excluding hydrogens is 256 g/mol. The van der Waals surface area contributed by atoms with Gasteiger partial charge < -0.3 is 4.74 Å². The Morgan fingerprint density at radius 1 is 1.40 bits per heavy atom. The summed E-state index contributed by atoms with van der Waals surface area (Å²) in [7, 11) is 0. The molecule has 1 aromatic carbocycles. The third kappa shape index (κ3) is 2.75. The van der Waals surface area contributed by atoms with Gasteiger partial charge >= 0.3 is 5.97 Å². The van der Waals surface area contributed by atoms with E-state index in [1.165, 1.54) is 17.5 Å². The Hall–Kier alpha value is -2.47. The van der Waals surface area contributed by atoms with E-state index in [4.69, 9.17) is 10.6 Å². The molecule has 0 amide bonds. The van der Waals surface area contributed by atoms with E-state index >= 15 is 0 Å². The van der Waals surface area contributed by atoms with Crippen LogP contribution >= 0.6 is 0 Å². The predicted molar refractivity (Wildman–Crippen MR) is 75.5 cm³/mol. The van der Waals surface area contributed by atoms with Crippen LogP contribution in [0, 0.1) is 6.92 Å². The quantitative estimate of drug-likeness (QED) is 0.520. The first-order chi connectivity index (χ1) is 9.65. The van der Waals surface area contributed by atoms with Crippen molar-refractivity contribution < 1.29 is 9.53 Å². The van der Waals surface area contributed by atoms with Gasteiger partial charge in [-0.15, -0.1) is 0 Å². The lowest BCUT2D eigenvalue weighted by molar-refractivity contribution is 0.0526. The molecule has 0 unspecified atom stereocenters. The maximum atomic E-state index is 11.9. The van der Waals surface area contributed by atoms with Gasteiger partial charge in [0.15, 0.2) is 5.82 Å². The first-order valence-corrected chi connectivity index (χ1v) is 6.22.